The molecule has 0 aliphatic rings. The minimum absolute atomic E-state index is 0.144. The van der Waals surface area contributed by atoms with Gasteiger partial charge in [0.15, 0.2) is 0 Å². The summed E-state index contributed by atoms with van der Waals surface area (Å²) in [5, 5.41) is 0. The van der Waals surface area contributed by atoms with Crippen molar-refractivity contribution in [2.75, 3.05) is 20.3 Å². The molecule has 1 rings (SSSR count). The van der Waals surface area contributed by atoms with Crippen LogP contribution in [0.4, 0.5) is 0 Å². The van der Waals surface area contributed by atoms with Crippen molar-refractivity contribution in [3.63, 3.8) is 0 Å². The van der Waals surface area contributed by atoms with E-state index < -0.39 is 0 Å². The second kappa shape index (κ2) is 10.7. The Bertz CT molecular complexity index is 358. The molecule has 1 aromatic carbocycles. The lowest BCUT2D eigenvalue weighted by Crippen LogP contribution is -2.28. The first-order valence-corrected chi connectivity index (χ1v) is 7.50. The molecule has 0 saturated heterocycles. The Morgan fingerprint density at radius 1 is 1.15 bits per heavy atom. The molecule has 0 bridgehead atoms. The summed E-state index contributed by atoms with van der Waals surface area (Å²) in [5.41, 5.74) is 4.04. The van der Waals surface area contributed by atoms with Gasteiger partial charge >= 0.3 is 0 Å². The summed E-state index contributed by atoms with van der Waals surface area (Å²) in [6, 6.07) is 8.21. The van der Waals surface area contributed by atoms with Crippen LogP contribution in [0.5, 0.6) is 5.75 Å². The van der Waals surface area contributed by atoms with E-state index in [1.165, 1.54) is 25.7 Å². The molecule has 4 heteroatoms. The SMILES string of the molecule is CCCCCCC(NN)c1ccccc1OCCOC. The topological polar surface area (TPSA) is 56.5 Å². The molecule has 0 fully saturated rings. The van der Waals surface area contributed by atoms with Crippen LogP contribution in [0.2, 0.25) is 0 Å². The second-order valence-electron chi connectivity index (χ2n) is 4.95. The fourth-order valence-corrected chi connectivity index (χ4v) is 2.24. The normalized spacial score (nSPS) is 12.3. The minimum Gasteiger partial charge on any atom is -0.491 e. The van der Waals surface area contributed by atoms with Crippen LogP contribution < -0.4 is 16.0 Å². The molecule has 0 radical (unpaired) electrons. The van der Waals surface area contributed by atoms with Gasteiger partial charge in [0.05, 0.1) is 6.61 Å². The first-order chi connectivity index (χ1) is 9.83. The van der Waals surface area contributed by atoms with Crippen LogP contribution in [-0.2, 0) is 4.74 Å². The summed E-state index contributed by atoms with van der Waals surface area (Å²) in [7, 11) is 1.67. The molecule has 114 valence electrons. The number of nitrogens with one attached hydrogen (secondary N) is 1. The third-order valence-electron chi connectivity index (χ3n) is 3.39. The van der Waals surface area contributed by atoms with Crippen molar-refractivity contribution in [2.24, 2.45) is 5.84 Å². The van der Waals surface area contributed by atoms with Crippen LogP contribution in [0.1, 0.15) is 50.6 Å². The van der Waals surface area contributed by atoms with Crippen LogP contribution in [0.3, 0.4) is 0 Å². The quantitative estimate of drug-likeness (QED) is 0.371. The van der Waals surface area contributed by atoms with Crippen LogP contribution in [0.25, 0.3) is 0 Å². The second-order valence-corrected chi connectivity index (χ2v) is 4.95. The van der Waals surface area contributed by atoms with E-state index in [-0.39, 0.29) is 6.04 Å². The average Bonchev–Trinajstić information content (AvgIpc) is 2.49. The standard InChI is InChI=1S/C16H28N2O2/c1-3-4-5-6-10-15(18-17)14-9-7-8-11-16(14)20-13-12-19-2/h7-9,11,15,18H,3-6,10,12-13,17H2,1-2H3. The number of benzene rings is 1. The zero-order chi connectivity index (χ0) is 14.6. The number of hydrogen-bond donors (Lipinski definition) is 2. The van der Waals surface area contributed by atoms with Gasteiger partial charge in [-0.25, -0.2) is 0 Å². The number of para-hydroxylation sites is 1. The lowest BCUT2D eigenvalue weighted by Gasteiger charge is -2.20. The van der Waals surface area contributed by atoms with Crippen molar-refractivity contribution in [2.45, 2.75) is 45.1 Å². The van der Waals surface area contributed by atoms with Gasteiger partial charge in [-0.1, -0.05) is 50.8 Å². The fourth-order valence-electron chi connectivity index (χ4n) is 2.24. The van der Waals surface area contributed by atoms with Crippen molar-refractivity contribution in [3.8, 4) is 5.75 Å². The first kappa shape index (κ1) is 17.0. The lowest BCUT2D eigenvalue weighted by atomic mass is 10.00. The van der Waals surface area contributed by atoms with Gasteiger partial charge in [0.2, 0.25) is 0 Å². The third kappa shape index (κ3) is 5.90. The molecule has 1 atom stereocenters. The van der Waals surface area contributed by atoms with Crippen LogP contribution >= 0.6 is 0 Å². The van der Waals surface area contributed by atoms with Gasteiger partial charge in [-0.05, 0) is 12.5 Å². The highest BCUT2D eigenvalue weighted by Gasteiger charge is 2.14. The molecule has 20 heavy (non-hydrogen) atoms. The van der Waals surface area contributed by atoms with Crippen molar-refractivity contribution in [1.29, 1.82) is 0 Å². The van der Waals surface area contributed by atoms with Crippen LogP contribution in [-0.4, -0.2) is 20.3 Å². The Morgan fingerprint density at radius 3 is 2.65 bits per heavy atom. The van der Waals surface area contributed by atoms with Gasteiger partial charge in [0.25, 0.3) is 0 Å². The monoisotopic (exact) mass is 280 g/mol. The molecule has 1 aromatic rings. The predicted octanol–water partition coefficient (Wildman–Crippen LogP) is 3.19. The van der Waals surface area contributed by atoms with E-state index >= 15 is 0 Å². The number of hydrogen-bond acceptors (Lipinski definition) is 4. The summed E-state index contributed by atoms with van der Waals surface area (Å²) in [4.78, 5) is 0. The first-order valence-electron chi connectivity index (χ1n) is 7.50. The van der Waals surface area contributed by atoms with Gasteiger partial charge in [-0.15, -0.1) is 0 Å². The van der Waals surface area contributed by atoms with Crippen molar-refractivity contribution >= 4 is 0 Å². The Morgan fingerprint density at radius 2 is 1.95 bits per heavy atom. The average molecular weight is 280 g/mol. The molecule has 0 aliphatic carbocycles. The molecule has 0 heterocycles. The number of unbranched alkanes of at least 4 members (excludes halogenated alkanes) is 3. The van der Waals surface area contributed by atoms with Crippen LogP contribution in [0, 0.1) is 0 Å². The van der Waals surface area contributed by atoms with E-state index in [2.05, 4.69) is 18.4 Å². The van der Waals surface area contributed by atoms with Gasteiger partial charge in [-0.3, -0.25) is 11.3 Å². The van der Waals surface area contributed by atoms with E-state index in [0.717, 1.165) is 17.7 Å². The minimum atomic E-state index is 0.144. The van der Waals surface area contributed by atoms with Gasteiger partial charge in [0.1, 0.15) is 12.4 Å². The fraction of sp³-hybridized carbons (Fsp3) is 0.625. The summed E-state index contributed by atoms with van der Waals surface area (Å²) in [6.07, 6.45) is 5.98. The molecule has 0 aromatic heterocycles. The number of rotatable bonds is 11. The third-order valence-corrected chi connectivity index (χ3v) is 3.39. The largest absolute Gasteiger partial charge is 0.491 e. The van der Waals surface area contributed by atoms with E-state index in [0.29, 0.717) is 13.2 Å². The summed E-state index contributed by atoms with van der Waals surface area (Å²) < 4.78 is 10.8. The number of hydrazine groups is 1. The van der Waals surface area contributed by atoms with Gasteiger partial charge in [-0.2, -0.15) is 0 Å². The molecular formula is C16H28N2O2. The smallest absolute Gasteiger partial charge is 0.124 e. The number of methoxy groups -OCH3 is 1. The maximum Gasteiger partial charge on any atom is 0.124 e. The predicted molar refractivity (Wildman–Crippen MR) is 82.6 cm³/mol. The summed E-state index contributed by atoms with van der Waals surface area (Å²) in [5.74, 6) is 6.60. The summed E-state index contributed by atoms with van der Waals surface area (Å²) in [6.45, 7) is 3.36. The van der Waals surface area contributed by atoms with Gasteiger partial charge in [0, 0.05) is 18.7 Å². The molecular weight excluding hydrogens is 252 g/mol. The zero-order valence-corrected chi connectivity index (χ0v) is 12.7. The lowest BCUT2D eigenvalue weighted by molar-refractivity contribution is 0.145. The maximum absolute atomic E-state index is 5.77. The summed E-state index contributed by atoms with van der Waals surface area (Å²) >= 11 is 0. The van der Waals surface area contributed by atoms with Crippen LogP contribution in [0.15, 0.2) is 24.3 Å². The molecule has 4 nitrogen and oxygen atoms in total. The van der Waals surface area contributed by atoms with Gasteiger partial charge < -0.3 is 9.47 Å². The molecule has 0 saturated carbocycles. The zero-order valence-electron chi connectivity index (χ0n) is 12.7. The van der Waals surface area contributed by atoms with E-state index in [1.807, 2.05) is 18.2 Å². The van der Waals surface area contributed by atoms with Crippen molar-refractivity contribution in [3.05, 3.63) is 29.8 Å². The van der Waals surface area contributed by atoms with Crippen molar-refractivity contribution in [1.82, 2.24) is 5.43 Å². The Kier molecular flexibility index (Phi) is 9.04. The van der Waals surface area contributed by atoms with E-state index in [4.69, 9.17) is 15.3 Å². The molecule has 0 aliphatic heterocycles. The molecule has 1 unspecified atom stereocenters. The number of ether oxygens (including phenoxy) is 2. The number of nitrogens with two attached hydrogens (primary N) is 1. The Labute approximate surface area is 122 Å². The molecule has 0 spiro atoms. The highest BCUT2D eigenvalue weighted by atomic mass is 16.5. The molecule has 0 amide bonds. The van der Waals surface area contributed by atoms with E-state index in [1.54, 1.807) is 7.11 Å². The Balaban J connectivity index is 2.60. The highest BCUT2D eigenvalue weighted by Crippen LogP contribution is 2.28. The van der Waals surface area contributed by atoms with E-state index in [9.17, 15) is 0 Å². The Hall–Kier alpha value is -1.10. The highest BCUT2D eigenvalue weighted by molar-refractivity contribution is 5.35. The maximum atomic E-state index is 5.77. The van der Waals surface area contributed by atoms with Crippen molar-refractivity contribution < 1.29 is 9.47 Å². The molecule has 3 N–H and O–H groups in total.